The molecular weight excluding hydrogens is 492 g/mol. The molecule has 1 heterocycles. The zero-order valence-electron chi connectivity index (χ0n) is 23.8. The van der Waals surface area contributed by atoms with Crippen LogP contribution in [0.1, 0.15) is 53.0 Å². The first kappa shape index (κ1) is 31.0. The van der Waals surface area contributed by atoms with Crippen molar-refractivity contribution in [1.29, 1.82) is 0 Å². The van der Waals surface area contributed by atoms with Gasteiger partial charge in [0.25, 0.3) is 5.69 Å². The summed E-state index contributed by atoms with van der Waals surface area (Å²) in [6.07, 6.45) is -1.06. The Balaban J connectivity index is 2.71. The van der Waals surface area contributed by atoms with Crippen molar-refractivity contribution in [3.05, 3.63) is 62.5 Å². The molecule has 0 bridgehead atoms. The number of methoxy groups -OCH3 is 2. The number of rotatable bonds is 12. The van der Waals surface area contributed by atoms with Crippen LogP contribution in [0.2, 0.25) is 0 Å². The largest absolute Gasteiger partial charge is 0.456 e. The molecule has 0 saturated carbocycles. The van der Waals surface area contributed by atoms with E-state index in [4.69, 9.17) is 18.9 Å². The maximum Gasteiger partial charge on any atom is 0.337 e. The number of benzene rings is 1. The molecule has 10 nitrogen and oxygen atoms in total. The summed E-state index contributed by atoms with van der Waals surface area (Å²) in [5, 5.41) is 11.6. The highest BCUT2D eigenvalue weighted by atomic mass is 16.6. The molecule has 0 fully saturated rings. The number of nitro groups is 1. The third kappa shape index (κ3) is 6.99. The maximum absolute atomic E-state index is 13.8. The molecule has 210 valence electrons. The molecule has 1 aromatic rings. The van der Waals surface area contributed by atoms with E-state index in [2.05, 4.69) is 0 Å². The van der Waals surface area contributed by atoms with Crippen molar-refractivity contribution in [2.75, 3.05) is 34.5 Å². The van der Waals surface area contributed by atoms with Gasteiger partial charge >= 0.3 is 11.9 Å². The van der Waals surface area contributed by atoms with E-state index < -0.39 is 35.0 Å². The molecule has 38 heavy (non-hydrogen) atoms. The second kappa shape index (κ2) is 13.5. The lowest BCUT2D eigenvalue weighted by atomic mass is 9.79. The third-order valence-corrected chi connectivity index (χ3v) is 6.88. The van der Waals surface area contributed by atoms with E-state index in [0.29, 0.717) is 17.0 Å². The fourth-order valence-electron chi connectivity index (χ4n) is 4.31. The third-order valence-electron chi connectivity index (χ3n) is 6.88. The molecular formula is C28H40N2O8. The number of hydrogen-bond acceptors (Lipinski definition) is 9. The van der Waals surface area contributed by atoms with Crippen LogP contribution in [0.25, 0.3) is 0 Å². The molecule has 0 radical (unpaired) electrons. The molecule has 10 heteroatoms. The SMILES string of the molecule is COCC(OC(=O)C1=C(C)N(C)C(C)=C(C(=O)OC(COC)C(C)C)C1c1cccc([N+](=O)[O-])c1)C(C)C. The van der Waals surface area contributed by atoms with Gasteiger partial charge in [-0.05, 0) is 31.2 Å². The van der Waals surface area contributed by atoms with Crippen LogP contribution < -0.4 is 0 Å². The van der Waals surface area contributed by atoms with E-state index in [-0.39, 0.29) is 41.9 Å². The van der Waals surface area contributed by atoms with Crippen LogP contribution in [0, 0.1) is 22.0 Å². The average molecular weight is 533 g/mol. The van der Waals surface area contributed by atoms with Gasteiger partial charge in [0.15, 0.2) is 0 Å². The number of carbonyl (C=O) groups is 2. The fraction of sp³-hybridized carbons (Fsp3) is 0.571. The predicted octanol–water partition coefficient (Wildman–Crippen LogP) is 4.60. The van der Waals surface area contributed by atoms with Gasteiger partial charge in [0.1, 0.15) is 12.2 Å². The Morgan fingerprint density at radius 3 is 1.74 bits per heavy atom. The molecule has 0 aromatic heterocycles. The highest BCUT2D eigenvalue weighted by Crippen LogP contribution is 2.43. The monoisotopic (exact) mass is 532 g/mol. The minimum Gasteiger partial charge on any atom is -0.456 e. The van der Waals surface area contributed by atoms with Gasteiger partial charge in [0, 0.05) is 44.8 Å². The molecule has 2 rings (SSSR count). The second-order valence-electron chi connectivity index (χ2n) is 10.1. The predicted molar refractivity (Wildman–Crippen MR) is 142 cm³/mol. The van der Waals surface area contributed by atoms with Gasteiger partial charge in [0.2, 0.25) is 0 Å². The fourth-order valence-corrected chi connectivity index (χ4v) is 4.31. The van der Waals surface area contributed by atoms with Gasteiger partial charge < -0.3 is 23.8 Å². The number of ether oxygens (including phenoxy) is 4. The first-order valence-corrected chi connectivity index (χ1v) is 12.6. The molecule has 0 N–H and O–H groups in total. The van der Waals surface area contributed by atoms with Gasteiger partial charge in [0.05, 0.1) is 35.2 Å². The number of carbonyl (C=O) groups excluding carboxylic acids is 2. The van der Waals surface area contributed by atoms with Gasteiger partial charge in [-0.15, -0.1) is 0 Å². The highest BCUT2D eigenvalue weighted by Gasteiger charge is 2.41. The maximum atomic E-state index is 13.8. The molecule has 1 aliphatic rings. The molecule has 0 spiro atoms. The molecule has 1 aliphatic heterocycles. The Bertz CT molecular complexity index is 1040. The van der Waals surface area contributed by atoms with Crippen LogP contribution >= 0.6 is 0 Å². The minimum absolute atomic E-state index is 0.0278. The van der Waals surface area contributed by atoms with Crippen molar-refractivity contribution < 1.29 is 33.5 Å². The summed E-state index contributed by atoms with van der Waals surface area (Å²) in [6.45, 7) is 11.6. The molecule has 0 saturated heterocycles. The van der Waals surface area contributed by atoms with Crippen molar-refractivity contribution in [1.82, 2.24) is 4.90 Å². The summed E-state index contributed by atoms with van der Waals surface area (Å²) in [7, 11) is 4.80. The smallest absolute Gasteiger partial charge is 0.337 e. The normalized spacial score (nSPS) is 17.7. The van der Waals surface area contributed by atoms with Crippen LogP contribution in [0.3, 0.4) is 0 Å². The Kier molecular flexibility index (Phi) is 11.0. The molecule has 2 atom stereocenters. The molecule has 0 amide bonds. The summed E-state index contributed by atoms with van der Waals surface area (Å²) in [5.41, 5.74) is 1.80. The lowest BCUT2D eigenvalue weighted by Crippen LogP contribution is -2.37. The van der Waals surface area contributed by atoms with Gasteiger partial charge in [-0.1, -0.05) is 39.8 Å². The summed E-state index contributed by atoms with van der Waals surface area (Å²) in [4.78, 5) is 40.3. The Hall–Kier alpha value is -3.24. The zero-order valence-corrected chi connectivity index (χ0v) is 23.8. The van der Waals surface area contributed by atoms with E-state index >= 15 is 0 Å². The van der Waals surface area contributed by atoms with Crippen LogP contribution in [-0.4, -0.2) is 68.5 Å². The van der Waals surface area contributed by atoms with Crippen LogP contribution in [0.4, 0.5) is 5.69 Å². The van der Waals surface area contributed by atoms with E-state index in [0.717, 1.165) is 0 Å². The topological polar surface area (TPSA) is 117 Å². The summed E-state index contributed by atoms with van der Waals surface area (Å²) < 4.78 is 22.3. The number of esters is 2. The standard InChI is InChI=1S/C28H40N2O8/c1-16(2)22(14-35-8)37-27(31)24-18(5)29(7)19(6)25(28(32)38-23(15-36-9)17(3)4)26(24)20-11-10-12-21(13-20)30(33)34/h10-13,16-17,22-23,26H,14-15H2,1-9H3. The number of nitrogens with zero attached hydrogens (tertiary/aromatic N) is 2. The van der Waals surface area contributed by atoms with E-state index in [1.807, 2.05) is 27.7 Å². The van der Waals surface area contributed by atoms with Crippen LogP contribution in [0.5, 0.6) is 0 Å². The van der Waals surface area contributed by atoms with Crippen LogP contribution in [0.15, 0.2) is 46.8 Å². The van der Waals surface area contributed by atoms with E-state index in [1.165, 1.54) is 32.4 Å². The minimum atomic E-state index is -0.947. The van der Waals surface area contributed by atoms with Crippen molar-refractivity contribution in [3.63, 3.8) is 0 Å². The lowest BCUT2D eigenvalue weighted by molar-refractivity contribution is -0.384. The number of hydrogen-bond donors (Lipinski definition) is 0. The van der Waals surface area contributed by atoms with Crippen molar-refractivity contribution in [2.24, 2.45) is 11.8 Å². The first-order chi connectivity index (χ1) is 17.8. The highest BCUT2D eigenvalue weighted by molar-refractivity contribution is 6.00. The van der Waals surface area contributed by atoms with E-state index in [9.17, 15) is 19.7 Å². The zero-order chi connectivity index (χ0) is 28.7. The van der Waals surface area contributed by atoms with Gasteiger partial charge in [-0.2, -0.15) is 0 Å². The lowest BCUT2D eigenvalue weighted by Gasteiger charge is -2.37. The summed E-state index contributed by atoms with van der Waals surface area (Å²) >= 11 is 0. The van der Waals surface area contributed by atoms with Crippen molar-refractivity contribution in [3.8, 4) is 0 Å². The van der Waals surface area contributed by atoms with Gasteiger partial charge in [-0.25, -0.2) is 9.59 Å². The second-order valence-corrected chi connectivity index (χ2v) is 10.1. The number of non-ortho nitro benzene ring substituents is 1. The Labute approximate surface area is 224 Å². The Morgan fingerprint density at radius 2 is 1.37 bits per heavy atom. The summed E-state index contributed by atoms with van der Waals surface area (Å²) in [6, 6.07) is 5.93. The first-order valence-electron chi connectivity index (χ1n) is 12.6. The molecule has 0 aliphatic carbocycles. The molecule has 2 unspecified atom stereocenters. The van der Waals surface area contributed by atoms with Crippen LogP contribution in [-0.2, 0) is 28.5 Å². The Morgan fingerprint density at radius 1 is 0.921 bits per heavy atom. The number of allylic oxidation sites excluding steroid dienone is 2. The quantitative estimate of drug-likeness (QED) is 0.216. The van der Waals surface area contributed by atoms with Gasteiger partial charge in [-0.3, -0.25) is 10.1 Å². The summed E-state index contributed by atoms with van der Waals surface area (Å²) in [5.74, 6) is -2.26. The number of nitro benzene ring substituents is 1. The average Bonchev–Trinajstić information content (AvgIpc) is 2.86. The van der Waals surface area contributed by atoms with E-state index in [1.54, 1.807) is 31.9 Å². The molecule has 1 aromatic carbocycles. The van der Waals surface area contributed by atoms with Crippen molar-refractivity contribution in [2.45, 2.75) is 59.7 Å². The van der Waals surface area contributed by atoms with Crippen molar-refractivity contribution >= 4 is 17.6 Å².